The Morgan fingerprint density at radius 3 is 2.40 bits per heavy atom. The van der Waals surface area contributed by atoms with E-state index in [4.69, 9.17) is 28.9 Å². The lowest BCUT2D eigenvalue weighted by Crippen LogP contribution is -2.28. The molecule has 1 nitrogen and oxygen atoms in total. The Morgan fingerprint density at radius 2 is 1.93 bits per heavy atom. The van der Waals surface area contributed by atoms with E-state index in [1.54, 1.807) is 0 Å². The minimum absolute atomic E-state index is 0.150. The van der Waals surface area contributed by atoms with Gasteiger partial charge in [-0.3, -0.25) is 0 Å². The number of benzene rings is 1. The topological polar surface area (TPSA) is 26.0 Å². The Hall–Kier alpha value is -0.240. The van der Waals surface area contributed by atoms with E-state index in [2.05, 4.69) is 13.8 Å². The third-order valence-electron chi connectivity index (χ3n) is 2.96. The highest BCUT2D eigenvalue weighted by Crippen LogP contribution is 2.29. The van der Waals surface area contributed by atoms with E-state index >= 15 is 0 Å². The fourth-order valence-corrected chi connectivity index (χ4v) is 1.80. The first-order valence-electron chi connectivity index (χ1n) is 5.15. The summed E-state index contributed by atoms with van der Waals surface area (Å²) in [5.41, 5.74) is 7.12. The fraction of sp³-hybridized carbons (Fsp3) is 0.500. The number of rotatable bonds is 4. The lowest BCUT2D eigenvalue weighted by Gasteiger charge is -2.26. The maximum absolute atomic E-state index is 5.97. The van der Waals surface area contributed by atoms with Gasteiger partial charge in [0.05, 0.1) is 10.0 Å². The molecule has 15 heavy (non-hydrogen) atoms. The van der Waals surface area contributed by atoms with Crippen molar-refractivity contribution in [2.24, 2.45) is 11.1 Å². The van der Waals surface area contributed by atoms with Gasteiger partial charge in [-0.25, -0.2) is 0 Å². The second-order valence-electron chi connectivity index (χ2n) is 4.29. The van der Waals surface area contributed by atoms with Crippen LogP contribution < -0.4 is 5.73 Å². The first-order valence-corrected chi connectivity index (χ1v) is 5.90. The normalized spacial score (nSPS) is 15.0. The van der Waals surface area contributed by atoms with E-state index in [0.29, 0.717) is 16.6 Å². The van der Waals surface area contributed by atoms with Gasteiger partial charge in [-0.2, -0.15) is 0 Å². The van der Waals surface area contributed by atoms with Crippen LogP contribution in [0.5, 0.6) is 0 Å². The maximum atomic E-state index is 5.97. The summed E-state index contributed by atoms with van der Waals surface area (Å²) in [4.78, 5) is 0. The summed E-state index contributed by atoms with van der Waals surface area (Å²) >= 11 is 11.8. The quantitative estimate of drug-likeness (QED) is 0.856. The van der Waals surface area contributed by atoms with Crippen LogP contribution in [0.15, 0.2) is 18.2 Å². The highest BCUT2D eigenvalue weighted by atomic mass is 35.5. The predicted molar refractivity (Wildman–Crippen MR) is 67.6 cm³/mol. The monoisotopic (exact) mass is 245 g/mol. The van der Waals surface area contributed by atoms with Crippen LogP contribution >= 0.6 is 23.2 Å². The van der Waals surface area contributed by atoms with E-state index in [-0.39, 0.29) is 5.41 Å². The van der Waals surface area contributed by atoms with Gasteiger partial charge in [-0.15, -0.1) is 0 Å². The van der Waals surface area contributed by atoms with Crippen molar-refractivity contribution in [2.45, 2.75) is 26.7 Å². The summed E-state index contributed by atoms with van der Waals surface area (Å²) < 4.78 is 0. The van der Waals surface area contributed by atoms with Gasteiger partial charge in [-0.05, 0) is 42.5 Å². The first-order chi connectivity index (χ1) is 7.00. The molecule has 0 spiro atoms. The Kier molecular flexibility index (Phi) is 4.45. The van der Waals surface area contributed by atoms with Crippen molar-refractivity contribution in [1.29, 1.82) is 0 Å². The van der Waals surface area contributed by atoms with Crippen LogP contribution in [0.2, 0.25) is 10.0 Å². The number of hydrogen-bond acceptors (Lipinski definition) is 1. The molecule has 3 heteroatoms. The first kappa shape index (κ1) is 12.8. The molecule has 0 saturated carbocycles. The van der Waals surface area contributed by atoms with Crippen molar-refractivity contribution in [3.63, 3.8) is 0 Å². The highest BCUT2D eigenvalue weighted by Gasteiger charge is 2.20. The van der Waals surface area contributed by atoms with E-state index < -0.39 is 0 Å². The molecule has 1 rings (SSSR count). The van der Waals surface area contributed by atoms with E-state index in [1.165, 1.54) is 5.56 Å². The Bertz CT molecular complexity index is 332. The Morgan fingerprint density at radius 1 is 1.27 bits per heavy atom. The molecule has 1 unspecified atom stereocenters. The lowest BCUT2D eigenvalue weighted by molar-refractivity contribution is 0.320. The summed E-state index contributed by atoms with van der Waals surface area (Å²) in [5.74, 6) is 0. The van der Waals surface area contributed by atoms with Gasteiger partial charge in [-0.1, -0.05) is 43.1 Å². The summed E-state index contributed by atoms with van der Waals surface area (Å²) in [7, 11) is 0. The van der Waals surface area contributed by atoms with Crippen molar-refractivity contribution in [1.82, 2.24) is 0 Å². The van der Waals surface area contributed by atoms with Gasteiger partial charge in [0.15, 0.2) is 0 Å². The predicted octanol–water partition coefficient (Wildman–Crippen LogP) is 3.91. The van der Waals surface area contributed by atoms with Crippen molar-refractivity contribution in [2.75, 3.05) is 6.54 Å². The standard InChI is InChI=1S/C12H17Cl2N/c1-3-12(2,8-15)7-9-4-5-10(13)11(14)6-9/h4-6H,3,7-8,15H2,1-2H3. The number of nitrogens with two attached hydrogens (primary N) is 1. The second-order valence-corrected chi connectivity index (χ2v) is 5.11. The van der Waals surface area contributed by atoms with Crippen molar-refractivity contribution >= 4 is 23.2 Å². The molecule has 0 aliphatic carbocycles. The number of halogens is 2. The third-order valence-corrected chi connectivity index (χ3v) is 3.70. The molecule has 1 atom stereocenters. The van der Waals surface area contributed by atoms with Crippen molar-refractivity contribution in [3.8, 4) is 0 Å². The molecule has 2 N–H and O–H groups in total. The van der Waals surface area contributed by atoms with E-state index in [9.17, 15) is 0 Å². The Balaban J connectivity index is 2.85. The van der Waals surface area contributed by atoms with Crippen molar-refractivity contribution < 1.29 is 0 Å². The van der Waals surface area contributed by atoms with Crippen LogP contribution in [-0.4, -0.2) is 6.54 Å². The van der Waals surface area contributed by atoms with Gasteiger partial charge < -0.3 is 5.73 Å². The molecule has 0 bridgehead atoms. The van der Waals surface area contributed by atoms with Crippen LogP contribution in [0, 0.1) is 5.41 Å². The minimum Gasteiger partial charge on any atom is -0.330 e. The largest absolute Gasteiger partial charge is 0.330 e. The molecule has 0 aliphatic heterocycles. The molecule has 0 amide bonds. The minimum atomic E-state index is 0.150. The zero-order valence-corrected chi connectivity index (χ0v) is 10.7. The summed E-state index contributed by atoms with van der Waals surface area (Å²) in [5, 5.41) is 1.22. The number of hydrogen-bond donors (Lipinski definition) is 1. The molecule has 84 valence electrons. The van der Waals surface area contributed by atoms with Crippen molar-refractivity contribution in [3.05, 3.63) is 33.8 Å². The highest BCUT2D eigenvalue weighted by molar-refractivity contribution is 6.42. The molecule has 1 aromatic rings. The zero-order valence-electron chi connectivity index (χ0n) is 9.19. The zero-order chi connectivity index (χ0) is 11.5. The average Bonchev–Trinajstić information content (AvgIpc) is 2.23. The summed E-state index contributed by atoms with van der Waals surface area (Å²) in [6.07, 6.45) is 2.00. The molecule has 1 aromatic carbocycles. The van der Waals surface area contributed by atoms with Gasteiger partial charge in [0.1, 0.15) is 0 Å². The molecular weight excluding hydrogens is 229 g/mol. The van der Waals surface area contributed by atoms with Crippen LogP contribution in [-0.2, 0) is 6.42 Å². The van der Waals surface area contributed by atoms with Gasteiger partial charge in [0, 0.05) is 0 Å². The third kappa shape index (κ3) is 3.37. The van der Waals surface area contributed by atoms with Gasteiger partial charge >= 0.3 is 0 Å². The molecule has 0 radical (unpaired) electrons. The summed E-state index contributed by atoms with van der Waals surface area (Å²) in [6.45, 7) is 5.03. The smallest absolute Gasteiger partial charge is 0.0595 e. The van der Waals surface area contributed by atoms with Crippen LogP contribution in [0.4, 0.5) is 0 Å². The summed E-state index contributed by atoms with van der Waals surface area (Å²) in [6, 6.07) is 5.77. The molecule has 0 fully saturated rings. The van der Waals surface area contributed by atoms with E-state index in [0.717, 1.165) is 12.8 Å². The lowest BCUT2D eigenvalue weighted by atomic mass is 9.81. The molecule has 0 heterocycles. The molecular formula is C12H17Cl2N. The Labute approximate surface area is 102 Å². The van der Waals surface area contributed by atoms with E-state index in [1.807, 2.05) is 18.2 Å². The molecule has 0 aliphatic rings. The van der Waals surface area contributed by atoms with Gasteiger partial charge in [0.2, 0.25) is 0 Å². The fourth-order valence-electron chi connectivity index (χ4n) is 1.48. The second kappa shape index (κ2) is 5.20. The van der Waals surface area contributed by atoms with Crippen LogP contribution in [0.1, 0.15) is 25.8 Å². The van der Waals surface area contributed by atoms with Crippen LogP contribution in [0.3, 0.4) is 0 Å². The maximum Gasteiger partial charge on any atom is 0.0595 e. The molecule has 0 saturated heterocycles. The van der Waals surface area contributed by atoms with Crippen LogP contribution in [0.25, 0.3) is 0 Å². The SMILES string of the molecule is CCC(C)(CN)Cc1ccc(Cl)c(Cl)c1. The average molecular weight is 246 g/mol. The molecule has 0 aromatic heterocycles. The van der Waals surface area contributed by atoms with Gasteiger partial charge in [0.25, 0.3) is 0 Å².